The largest absolute Gasteiger partial charge is 0.256 e. The molecule has 2 heterocycles. The summed E-state index contributed by atoms with van der Waals surface area (Å²) >= 11 is 0. The van der Waals surface area contributed by atoms with Crippen LogP contribution in [0, 0.1) is 6.92 Å². The first kappa shape index (κ1) is 15.4. The molecule has 0 aliphatic heterocycles. The Balaban J connectivity index is 2.02. The van der Waals surface area contributed by atoms with Crippen LogP contribution in [0.25, 0.3) is 16.9 Å². The number of rotatable bonds is 4. The second-order valence-electron chi connectivity index (χ2n) is 5.59. The number of nitrogens with zero attached hydrogens (tertiary/aromatic N) is 3. The Kier molecular flexibility index (Phi) is 4.00. The van der Waals surface area contributed by atoms with Gasteiger partial charge >= 0.3 is 0 Å². The zero-order valence-corrected chi connectivity index (χ0v) is 13.8. The third kappa shape index (κ3) is 3.65. The van der Waals surface area contributed by atoms with Crippen LogP contribution in [0.15, 0.2) is 55.0 Å². The van der Waals surface area contributed by atoms with Crippen LogP contribution in [-0.4, -0.2) is 29.4 Å². The lowest BCUT2D eigenvalue weighted by atomic mass is 10.1. The SMILES string of the molecule is Cc1ccc(-c2ccc(CS(C)(=O)=O)cn2)c(-n2cccn2)c1. The maximum absolute atomic E-state index is 11.4. The van der Waals surface area contributed by atoms with Crippen LogP contribution in [0.3, 0.4) is 0 Å². The van der Waals surface area contributed by atoms with Crippen molar-refractivity contribution < 1.29 is 8.42 Å². The fourth-order valence-electron chi connectivity index (χ4n) is 2.43. The van der Waals surface area contributed by atoms with Crippen molar-refractivity contribution in [2.24, 2.45) is 0 Å². The van der Waals surface area contributed by atoms with Crippen molar-refractivity contribution in [3.05, 3.63) is 66.1 Å². The van der Waals surface area contributed by atoms with Gasteiger partial charge < -0.3 is 0 Å². The quantitative estimate of drug-likeness (QED) is 0.739. The van der Waals surface area contributed by atoms with Gasteiger partial charge in [-0.1, -0.05) is 18.2 Å². The highest BCUT2D eigenvalue weighted by Crippen LogP contribution is 2.26. The molecule has 118 valence electrons. The first-order chi connectivity index (χ1) is 10.9. The number of aryl methyl sites for hydroxylation is 1. The van der Waals surface area contributed by atoms with Crippen molar-refractivity contribution >= 4 is 9.84 Å². The Bertz CT molecular complexity index is 915. The molecule has 0 aliphatic carbocycles. The molecule has 6 heteroatoms. The Morgan fingerprint density at radius 1 is 1.17 bits per heavy atom. The van der Waals surface area contributed by atoms with Gasteiger partial charge in [0.2, 0.25) is 0 Å². The molecule has 3 rings (SSSR count). The molecule has 0 amide bonds. The van der Waals surface area contributed by atoms with E-state index in [0.29, 0.717) is 5.56 Å². The second kappa shape index (κ2) is 5.96. The van der Waals surface area contributed by atoms with Gasteiger partial charge in [-0.3, -0.25) is 4.98 Å². The molecular formula is C17H17N3O2S. The minimum Gasteiger partial charge on any atom is -0.256 e. The van der Waals surface area contributed by atoms with Crippen LogP contribution >= 0.6 is 0 Å². The lowest BCUT2D eigenvalue weighted by Crippen LogP contribution is -2.02. The molecular weight excluding hydrogens is 310 g/mol. The van der Waals surface area contributed by atoms with E-state index in [-0.39, 0.29) is 5.75 Å². The summed E-state index contributed by atoms with van der Waals surface area (Å²) in [5.74, 6) is 0.000190. The zero-order chi connectivity index (χ0) is 16.4. The monoisotopic (exact) mass is 327 g/mol. The number of aromatic nitrogens is 3. The zero-order valence-electron chi connectivity index (χ0n) is 13.0. The van der Waals surface area contributed by atoms with Gasteiger partial charge in [0, 0.05) is 30.4 Å². The Morgan fingerprint density at radius 3 is 2.61 bits per heavy atom. The van der Waals surface area contributed by atoms with Crippen LogP contribution in [0.1, 0.15) is 11.1 Å². The van der Waals surface area contributed by atoms with E-state index >= 15 is 0 Å². The molecule has 3 aromatic rings. The van der Waals surface area contributed by atoms with Crippen molar-refractivity contribution in [1.82, 2.24) is 14.8 Å². The number of hydrogen-bond donors (Lipinski definition) is 0. The molecule has 0 radical (unpaired) electrons. The molecule has 1 aromatic carbocycles. The molecule has 0 spiro atoms. The van der Waals surface area contributed by atoms with Crippen LogP contribution < -0.4 is 0 Å². The molecule has 0 unspecified atom stereocenters. The Morgan fingerprint density at radius 2 is 2.00 bits per heavy atom. The van der Waals surface area contributed by atoms with Gasteiger partial charge in [0.25, 0.3) is 0 Å². The van der Waals surface area contributed by atoms with Gasteiger partial charge in [0.05, 0.1) is 17.1 Å². The van der Waals surface area contributed by atoms with Crippen molar-refractivity contribution in [3.63, 3.8) is 0 Å². The predicted molar refractivity (Wildman–Crippen MR) is 90.1 cm³/mol. The Labute approximate surface area is 135 Å². The van der Waals surface area contributed by atoms with Gasteiger partial charge in [-0.15, -0.1) is 0 Å². The molecule has 0 N–H and O–H groups in total. The molecule has 0 fully saturated rings. The number of pyridine rings is 1. The van der Waals surface area contributed by atoms with Crippen molar-refractivity contribution in [3.8, 4) is 16.9 Å². The standard InChI is InChI=1S/C17H17N3O2S/c1-13-4-6-15(17(10-13)20-9-3-8-19-20)16-7-5-14(11-18-16)12-23(2,21)22/h3-11H,12H2,1-2H3. The van der Waals surface area contributed by atoms with Crippen molar-refractivity contribution in [2.45, 2.75) is 12.7 Å². The molecule has 0 atom stereocenters. The highest BCUT2D eigenvalue weighted by molar-refractivity contribution is 7.89. The van der Waals surface area contributed by atoms with Crippen molar-refractivity contribution in [1.29, 1.82) is 0 Å². The third-order valence-electron chi connectivity index (χ3n) is 3.43. The van der Waals surface area contributed by atoms with Gasteiger partial charge in [-0.25, -0.2) is 13.1 Å². The fourth-order valence-corrected chi connectivity index (χ4v) is 3.21. The normalized spacial score (nSPS) is 11.6. The summed E-state index contributed by atoms with van der Waals surface area (Å²) in [7, 11) is -3.06. The summed E-state index contributed by atoms with van der Waals surface area (Å²) in [6.07, 6.45) is 6.45. The summed E-state index contributed by atoms with van der Waals surface area (Å²) in [4.78, 5) is 4.43. The molecule has 0 saturated heterocycles. The van der Waals surface area contributed by atoms with E-state index in [4.69, 9.17) is 0 Å². The smallest absolute Gasteiger partial charge is 0.151 e. The fraction of sp³-hybridized carbons (Fsp3) is 0.176. The number of hydrogen-bond acceptors (Lipinski definition) is 4. The van der Waals surface area contributed by atoms with E-state index in [2.05, 4.69) is 16.1 Å². The molecule has 5 nitrogen and oxygen atoms in total. The van der Waals surface area contributed by atoms with E-state index < -0.39 is 9.84 Å². The first-order valence-corrected chi connectivity index (χ1v) is 9.22. The van der Waals surface area contributed by atoms with E-state index in [9.17, 15) is 8.42 Å². The predicted octanol–water partition coefficient (Wildman–Crippen LogP) is 2.79. The van der Waals surface area contributed by atoms with Gasteiger partial charge in [0.15, 0.2) is 9.84 Å². The summed E-state index contributed by atoms with van der Waals surface area (Å²) in [6, 6.07) is 11.6. The van der Waals surface area contributed by atoms with Crippen LogP contribution in [-0.2, 0) is 15.6 Å². The van der Waals surface area contributed by atoms with E-state index in [1.165, 1.54) is 6.26 Å². The van der Waals surface area contributed by atoms with Crippen LogP contribution in [0.4, 0.5) is 0 Å². The van der Waals surface area contributed by atoms with Gasteiger partial charge in [-0.05, 0) is 36.2 Å². The maximum Gasteiger partial charge on any atom is 0.151 e. The summed E-state index contributed by atoms with van der Waals surface area (Å²) in [5.41, 5.74) is 4.49. The third-order valence-corrected chi connectivity index (χ3v) is 4.29. The minimum absolute atomic E-state index is 0.000190. The molecule has 2 aromatic heterocycles. The molecule has 23 heavy (non-hydrogen) atoms. The average molecular weight is 327 g/mol. The van der Waals surface area contributed by atoms with Gasteiger partial charge in [-0.2, -0.15) is 5.10 Å². The first-order valence-electron chi connectivity index (χ1n) is 7.16. The molecule has 0 aliphatic rings. The van der Waals surface area contributed by atoms with Crippen LogP contribution in [0.2, 0.25) is 0 Å². The highest BCUT2D eigenvalue weighted by atomic mass is 32.2. The molecule has 0 saturated carbocycles. The lowest BCUT2D eigenvalue weighted by molar-refractivity contribution is 0.601. The molecule has 0 bridgehead atoms. The van der Waals surface area contributed by atoms with E-state index in [1.54, 1.807) is 23.1 Å². The number of benzene rings is 1. The summed E-state index contributed by atoms with van der Waals surface area (Å²) < 4.78 is 24.5. The second-order valence-corrected chi connectivity index (χ2v) is 7.73. The van der Waals surface area contributed by atoms with E-state index in [0.717, 1.165) is 22.5 Å². The Hall–Kier alpha value is -2.47. The van der Waals surface area contributed by atoms with Crippen molar-refractivity contribution in [2.75, 3.05) is 6.26 Å². The minimum atomic E-state index is -3.06. The van der Waals surface area contributed by atoms with Crippen LogP contribution in [0.5, 0.6) is 0 Å². The van der Waals surface area contributed by atoms with E-state index in [1.807, 2.05) is 37.4 Å². The number of sulfone groups is 1. The lowest BCUT2D eigenvalue weighted by Gasteiger charge is -2.11. The summed E-state index contributed by atoms with van der Waals surface area (Å²) in [6.45, 7) is 2.03. The topological polar surface area (TPSA) is 64.8 Å². The van der Waals surface area contributed by atoms with Gasteiger partial charge in [0.1, 0.15) is 0 Å². The maximum atomic E-state index is 11.4. The summed E-state index contributed by atoms with van der Waals surface area (Å²) in [5, 5.41) is 4.29. The average Bonchev–Trinajstić information content (AvgIpc) is 3.01. The highest BCUT2D eigenvalue weighted by Gasteiger charge is 2.10.